The molecule has 0 spiro atoms. The second-order valence-electron chi connectivity index (χ2n) is 3.48. The average Bonchev–Trinajstić information content (AvgIpc) is 2.17. The molecule has 0 bridgehead atoms. The number of aromatic nitrogens is 1. The van der Waals surface area contributed by atoms with Gasteiger partial charge in [0.15, 0.2) is 9.84 Å². The van der Waals surface area contributed by atoms with Crippen molar-refractivity contribution in [1.29, 1.82) is 0 Å². The van der Waals surface area contributed by atoms with E-state index in [0.717, 1.165) is 12.5 Å². The first-order valence-electron chi connectivity index (χ1n) is 4.44. The maximum atomic E-state index is 11.8. The van der Waals surface area contributed by atoms with Crippen LogP contribution in [-0.4, -0.2) is 24.8 Å². The van der Waals surface area contributed by atoms with Crippen LogP contribution in [0.4, 0.5) is 0 Å². The smallest absolute Gasteiger partial charge is 0.208 e. The average molecular weight is 239 g/mol. The van der Waals surface area contributed by atoms with Crippen LogP contribution < -0.4 is 5.43 Å². The predicted molar refractivity (Wildman–Crippen MR) is 59.3 cm³/mol. The molecule has 0 aliphatic rings. The molecular weight excluding hydrogens is 230 g/mol. The van der Waals surface area contributed by atoms with E-state index >= 15 is 0 Å². The molecule has 5 nitrogen and oxygen atoms in total. The van der Waals surface area contributed by atoms with E-state index in [1.807, 2.05) is 0 Å². The molecule has 0 radical (unpaired) electrons. The summed E-state index contributed by atoms with van der Waals surface area (Å²) in [6.45, 7) is 0. The standard InChI is InChI=1S/C10H9NO4S/c1-16(14,15)9-5-11-8-3-2-6(12)4-7(8)10(9)13/h2-5,12H,1H3,(H,11,13). The van der Waals surface area contributed by atoms with Crippen LogP contribution >= 0.6 is 0 Å². The number of nitrogens with one attached hydrogen (secondary N) is 1. The van der Waals surface area contributed by atoms with Crippen molar-refractivity contribution in [1.82, 2.24) is 4.98 Å². The van der Waals surface area contributed by atoms with Gasteiger partial charge in [0.2, 0.25) is 5.43 Å². The van der Waals surface area contributed by atoms with Crippen molar-refractivity contribution in [3.8, 4) is 5.75 Å². The third-order valence-electron chi connectivity index (χ3n) is 2.23. The largest absolute Gasteiger partial charge is 0.508 e. The van der Waals surface area contributed by atoms with Crippen LogP contribution in [0.5, 0.6) is 5.75 Å². The van der Waals surface area contributed by atoms with Gasteiger partial charge in [-0.05, 0) is 18.2 Å². The molecule has 2 N–H and O–H groups in total. The molecule has 84 valence electrons. The Balaban J connectivity index is 2.95. The fourth-order valence-electron chi connectivity index (χ4n) is 1.46. The second kappa shape index (κ2) is 3.34. The molecule has 0 amide bonds. The van der Waals surface area contributed by atoms with Crippen LogP contribution in [0.2, 0.25) is 0 Å². The van der Waals surface area contributed by atoms with E-state index in [2.05, 4.69) is 4.98 Å². The maximum absolute atomic E-state index is 11.8. The molecule has 1 aromatic heterocycles. The Kier molecular flexibility index (Phi) is 2.23. The molecule has 0 unspecified atom stereocenters. The minimum absolute atomic E-state index is 0.0800. The van der Waals surface area contributed by atoms with E-state index in [9.17, 15) is 18.3 Å². The van der Waals surface area contributed by atoms with Gasteiger partial charge in [0.25, 0.3) is 0 Å². The Morgan fingerprint density at radius 2 is 2.00 bits per heavy atom. The second-order valence-corrected chi connectivity index (χ2v) is 5.47. The van der Waals surface area contributed by atoms with Crippen LogP contribution in [-0.2, 0) is 9.84 Å². The number of aromatic amines is 1. The molecule has 16 heavy (non-hydrogen) atoms. The summed E-state index contributed by atoms with van der Waals surface area (Å²) in [5.41, 5.74) is -0.123. The minimum Gasteiger partial charge on any atom is -0.508 e. The van der Waals surface area contributed by atoms with E-state index < -0.39 is 15.3 Å². The predicted octanol–water partition coefficient (Wildman–Crippen LogP) is 0.637. The first-order chi connectivity index (χ1) is 7.39. The maximum Gasteiger partial charge on any atom is 0.208 e. The Morgan fingerprint density at radius 1 is 1.31 bits per heavy atom. The summed E-state index contributed by atoms with van der Waals surface area (Å²) in [5, 5.41) is 9.40. The normalized spacial score (nSPS) is 11.8. The summed E-state index contributed by atoms with van der Waals surface area (Å²) in [5.74, 6) is -0.0800. The number of hydrogen-bond donors (Lipinski definition) is 2. The van der Waals surface area contributed by atoms with E-state index in [0.29, 0.717) is 5.52 Å². The number of pyridine rings is 1. The first kappa shape index (κ1) is 10.7. The van der Waals surface area contributed by atoms with Crippen LogP contribution in [0.1, 0.15) is 0 Å². The molecule has 0 aliphatic heterocycles. The van der Waals surface area contributed by atoms with Crippen molar-refractivity contribution >= 4 is 20.7 Å². The van der Waals surface area contributed by atoms with Gasteiger partial charge in [0, 0.05) is 18.0 Å². The van der Waals surface area contributed by atoms with Crippen LogP contribution in [0.15, 0.2) is 34.1 Å². The molecular formula is C10H9NO4S. The number of H-pyrrole nitrogens is 1. The summed E-state index contributed by atoms with van der Waals surface area (Å²) >= 11 is 0. The van der Waals surface area contributed by atoms with Gasteiger partial charge in [0.1, 0.15) is 10.6 Å². The topological polar surface area (TPSA) is 87.2 Å². The Labute approximate surface area is 91.3 Å². The van der Waals surface area contributed by atoms with Crippen LogP contribution in [0.25, 0.3) is 10.9 Å². The lowest BCUT2D eigenvalue weighted by Crippen LogP contribution is -2.14. The van der Waals surface area contributed by atoms with Crippen molar-refractivity contribution in [2.45, 2.75) is 4.90 Å². The highest BCUT2D eigenvalue weighted by Crippen LogP contribution is 2.16. The quantitative estimate of drug-likeness (QED) is 0.764. The van der Waals surface area contributed by atoms with Gasteiger partial charge in [0.05, 0.1) is 5.39 Å². The molecule has 2 aromatic rings. The summed E-state index contributed by atoms with van der Waals surface area (Å²) < 4.78 is 22.6. The number of fused-ring (bicyclic) bond motifs is 1. The fraction of sp³-hybridized carbons (Fsp3) is 0.100. The van der Waals surface area contributed by atoms with Gasteiger partial charge in [-0.3, -0.25) is 4.79 Å². The van der Waals surface area contributed by atoms with Crippen LogP contribution in [0, 0.1) is 0 Å². The minimum atomic E-state index is -3.56. The number of phenolic OH excluding ortho intramolecular Hbond substituents is 1. The lowest BCUT2D eigenvalue weighted by Gasteiger charge is -2.01. The number of benzene rings is 1. The van der Waals surface area contributed by atoms with Crippen molar-refractivity contribution in [2.75, 3.05) is 6.26 Å². The zero-order valence-electron chi connectivity index (χ0n) is 8.39. The zero-order chi connectivity index (χ0) is 11.9. The van der Waals surface area contributed by atoms with Gasteiger partial charge >= 0.3 is 0 Å². The molecule has 0 fully saturated rings. The van der Waals surface area contributed by atoms with Crippen molar-refractivity contribution in [3.05, 3.63) is 34.6 Å². The zero-order valence-corrected chi connectivity index (χ0v) is 9.21. The van der Waals surface area contributed by atoms with Crippen molar-refractivity contribution in [2.24, 2.45) is 0 Å². The summed E-state index contributed by atoms with van der Waals surface area (Å²) in [6.07, 6.45) is 2.13. The lowest BCUT2D eigenvalue weighted by atomic mass is 10.2. The molecule has 0 saturated heterocycles. The van der Waals surface area contributed by atoms with Gasteiger partial charge in [-0.1, -0.05) is 0 Å². The van der Waals surface area contributed by atoms with E-state index in [1.54, 1.807) is 0 Å². The highest BCUT2D eigenvalue weighted by atomic mass is 32.2. The first-order valence-corrected chi connectivity index (χ1v) is 6.33. The molecule has 1 aromatic carbocycles. The number of hydrogen-bond acceptors (Lipinski definition) is 4. The van der Waals surface area contributed by atoms with Gasteiger partial charge in [-0.15, -0.1) is 0 Å². The Morgan fingerprint density at radius 3 is 2.62 bits per heavy atom. The Hall–Kier alpha value is -1.82. The monoisotopic (exact) mass is 239 g/mol. The van der Waals surface area contributed by atoms with Gasteiger partial charge in [-0.2, -0.15) is 0 Å². The lowest BCUT2D eigenvalue weighted by molar-refractivity contribution is 0.476. The number of sulfone groups is 1. The SMILES string of the molecule is CS(=O)(=O)c1c[nH]c2ccc(O)cc2c1=O. The Bertz CT molecular complexity index is 715. The third kappa shape index (κ3) is 1.67. The fourth-order valence-corrected chi connectivity index (χ4v) is 2.18. The number of aromatic hydroxyl groups is 1. The third-order valence-corrected chi connectivity index (χ3v) is 3.33. The molecule has 0 saturated carbocycles. The molecule has 0 atom stereocenters. The van der Waals surface area contributed by atoms with Gasteiger partial charge in [-0.25, -0.2) is 8.42 Å². The highest BCUT2D eigenvalue weighted by Gasteiger charge is 2.14. The summed E-state index contributed by atoms with van der Waals surface area (Å²) in [7, 11) is -3.56. The molecule has 2 rings (SSSR count). The summed E-state index contributed by atoms with van der Waals surface area (Å²) in [4.78, 5) is 14.2. The van der Waals surface area contributed by atoms with E-state index in [1.165, 1.54) is 18.2 Å². The number of phenols is 1. The van der Waals surface area contributed by atoms with Crippen molar-refractivity contribution in [3.63, 3.8) is 0 Å². The van der Waals surface area contributed by atoms with Gasteiger partial charge < -0.3 is 10.1 Å². The van der Waals surface area contributed by atoms with E-state index in [4.69, 9.17) is 0 Å². The highest BCUT2D eigenvalue weighted by molar-refractivity contribution is 7.90. The van der Waals surface area contributed by atoms with Crippen LogP contribution in [0.3, 0.4) is 0 Å². The molecule has 6 heteroatoms. The summed E-state index contributed by atoms with van der Waals surface area (Å²) in [6, 6.07) is 4.17. The molecule has 0 aliphatic carbocycles. The number of rotatable bonds is 1. The van der Waals surface area contributed by atoms with E-state index in [-0.39, 0.29) is 16.0 Å². The molecule has 1 heterocycles. The van der Waals surface area contributed by atoms with Crippen molar-refractivity contribution < 1.29 is 13.5 Å².